The third-order valence-electron chi connectivity index (χ3n) is 4.66. The molecule has 3 nitrogen and oxygen atoms in total. The number of thiocarbonyl (C=S) groups is 1. The zero-order chi connectivity index (χ0) is 22.7. The molecule has 8 heteroatoms. The van der Waals surface area contributed by atoms with Crippen LogP contribution in [-0.4, -0.2) is 15.3 Å². The number of aromatic nitrogens is 2. The van der Waals surface area contributed by atoms with Crippen molar-refractivity contribution < 1.29 is 13.5 Å². The number of benzene rings is 3. The molecule has 3 aromatic carbocycles. The van der Waals surface area contributed by atoms with Gasteiger partial charge in [0.05, 0.1) is 10.7 Å². The van der Waals surface area contributed by atoms with Crippen LogP contribution < -0.4 is 4.74 Å². The summed E-state index contributed by atoms with van der Waals surface area (Å²) in [6.45, 7) is -0.0332. The Hall–Kier alpha value is -2.93. The molecule has 0 aliphatic heterocycles. The van der Waals surface area contributed by atoms with Gasteiger partial charge in [-0.3, -0.25) is 0 Å². The molecule has 0 bridgehead atoms. The summed E-state index contributed by atoms with van der Waals surface area (Å²) in [6.07, 6.45) is 1.62. The Labute approximate surface area is 198 Å². The summed E-state index contributed by atoms with van der Waals surface area (Å²) in [6, 6.07) is 16.3. The first-order chi connectivity index (χ1) is 15.4. The van der Waals surface area contributed by atoms with E-state index in [0.29, 0.717) is 26.9 Å². The molecule has 4 rings (SSSR count). The van der Waals surface area contributed by atoms with Crippen molar-refractivity contribution >= 4 is 40.8 Å². The molecule has 0 N–H and O–H groups in total. The topological polar surface area (TPSA) is 35.0 Å². The molecule has 0 aliphatic carbocycles. The second-order valence-corrected chi connectivity index (χ2v) is 7.90. The smallest absolute Gasteiger partial charge is 0.317 e. The van der Waals surface area contributed by atoms with Gasteiger partial charge in [-0.25, -0.2) is 13.8 Å². The second kappa shape index (κ2) is 9.69. The number of hydrogen-bond donors (Lipinski definition) is 0. The van der Waals surface area contributed by atoms with Crippen molar-refractivity contribution in [2.24, 2.45) is 0 Å². The van der Waals surface area contributed by atoms with Crippen molar-refractivity contribution in [2.45, 2.75) is 6.61 Å². The van der Waals surface area contributed by atoms with Crippen LogP contribution in [-0.2, 0) is 6.61 Å². The van der Waals surface area contributed by atoms with Crippen molar-refractivity contribution in [1.29, 1.82) is 0 Å². The maximum atomic E-state index is 13.5. The van der Waals surface area contributed by atoms with Gasteiger partial charge in [0, 0.05) is 27.7 Å². The molecule has 160 valence electrons. The van der Waals surface area contributed by atoms with Crippen molar-refractivity contribution in [3.05, 3.63) is 99.7 Å². The summed E-state index contributed by atoms with van der Waals surface area (Å²) in [5.74, 6) is -1.87. The summed E-state index contributed by atoms with van der Waals surface area (Å²) in [4.78, 5) is 8.84. The second-order valence-electron chi connectivity index (χ2n) is 6.82. The van der Waals surface area contributed by atoms with Crippen LogP contribution in [0.1, 0.15) is 11.1 Å². The minimum Gasteiger partial charge on any atom is -0.459 e. The quantitative estimate of drug-likeness (QED) is 0.267. The predicted octanol–water partition coefficient (Wildman–Crippen LogP) is 7.32. The Bertz CT molecular complexity index is 1300. The Kier molecular flexibility index (Phi) is 6.74. The van der Waals surface area contributed by atoms with E-state index in [0.717, 1.165) is 28.8 Å². The third kappa shape index (κ3) is 4.93. The minimum absolute atomic E-state index is 0.0332. The molecule has 0 atom stereocenters. The molecule has 1 aromatic heterocycles. The molecule has 0 unspecified atom stereocenters. The molecule has 0 saturated carbocycles. The van der Waals surface area contributed by atoms with Gasteiger partial charge in [-0.2, -0.15) is 4.98 Å². The summed E-state index contributed by atoms with van der Waals surface area (Å²) in [7, 11) is 0. The maximum Gasteiger partial charge on any atom is 0.317 e. The number of halogens is 4. The first-order valence-corrected chi connectivity index (χ1v) is 10.6. The Morgan fingerprint density at radius 3 is 2.38 bits per heavy atom. The highest BCUT2D eigenvalue weighted by molar-refractivity contribution is 7.79. The molecule has 32 heavy (non-hydrogen) atoms. The highest BCUT2D eigenvalue weighted by atomic mass is 35.5. The van der Waals surface area contributed by atoms with Crippen molar-refractivity contribution in [3.63, 3.8) is 0 Å². The van der Waals surface area contributed by atoms with Gasteiger partial charge in [0.2, 0.25) is 0 Å². The lowest BCUT2D eigenvalue weighted by atomic mass is 10.00. The number of hydrogen-bond acceptors (Lipinski definition) is 4. The van der Waals surface area contributed by atoms with Gasteiger partial charge in [-0.1, -0.05) is 65.8 Å². The van der Waals surface area contributed by atoms with Crippen LogP contribution in [0.3, 0.4) is 0 Å². The van der Waals surface area contributed by atoms with E-state index >= 15 is 0 Å². The van der Waals surface area contributed by atoms with Gasteiger partial charge in [0.1, 0.15) is 6.61 Å². The molecule has 0 fully saturated rings. The number of ether oxygens (including phenoxy) is 1. The Morgan fingerprint density at radius 2 is 1.69 bits per heavy atom. The Balaban J connectivity index is 1.74. The summed E-state index contributed by atoms with van der Waals surface area (Å²) in [5.41, 5.74) is 4.01. The lowest BCUT2D eigenvalue weighted by Gasteiger charge is -2.13. The highest BCUT2D eigenvalue weighted by Gasteiger charge is 2.16. The van der Waals surface area contributed by atoms with Crippen LogP contribution >= 0.6 is 35.4 Å². The van der Waals surface area contributed by atoms with E-state index in [4.69, 9.17) is 40.2 Å². The standard InChI is InChI=1S/C24H14Cl2F2N2OS/c25-17-5-3-16(4-6-17)19-11-29-24(31-12-14-2-8-21(27)22(28)10-14)30-23(19)18-7-1-15(13-32)9-20(18)26/h1-11,13H,12H2. The largest absolute Gasteiger partial charge is 0.459 e. The Morgan fingerprint density at radius 1 is 0.906 bits per heavy atom. The normalized spacial score (nSPS) is 10.8. The zero-order valence-electron chi connectivity index (χ0n) is 16.4. The summed E-state index contributed by atoms with van der Waals surface area (Å²) >= 11 is 17.5. The monoisotopic (exact) mass is 486 g/mol. The van der Waals surface area contributed by atoms with E-state index in [1.807, 2.05) is 24.3 Å². The van der Waals surface area contributed by atoms with Crippen molar-refractivity contribution in [2.75, 3.05) is 0 Å². The van der Waals surface area contributed by atoms with Crippen LogP contribution in [0.15, 0.2) is 66.9 Å². The van der Waals surface area contributed by atoms with Gasteiger partial charge < -0.3 is 4.74 Å². The van der Waals surface area contributed by atoms with Gasteiger partial charge in [0.25, 0.3) is 0 Å². The van der Waals surface area contributed by atoms with E-state index in [2.05, 4.69) is 9.97 Å². The van der Waals surface area contributed by atoms with Gasteiger partial charge in [-0.05, 0) is 47.0 Å². The lowest BCUT2D eigenvalue weighted by molar-refractivity contribution is 0.280. The molecule has 4 aromatic rings. The summed E-state index contributed by atoms with van der Waals surface area (Å²) in [5, 5.41) is 2.60. The van der Waals surface area contributed by atoms with E-state index in [1.54, 1.807) is 24.4 Å². The van der Waals surface area contributed by atoms with Crippen LogP contribution in [0.2, 0.25) is 10.0 Å². The first kappa shape index (κ1) is 22.3. The first-order valence-electron chi connectivity index (χ1n) is 9.39. The van der Waals surface area contributed by atoms with Crippen LogP contribution in [0.25, 0.3) is 22.4 Å². The predicted molar refractivity (Wildman–Crippen MR) is 126 cm³/mol. The molecule has 0 spiro atoms. The van der Waals surface area contributed by atoms with Crippen molar-refractivity contribution in [1.82, 2.24) is 9.97 Å². The lowest BCUT2D eigenvalue weighted by Crippen LogP contribution is -2.02. The molecule has 0 aliphatic rings. The SMILES string of the molecule is Fc1ccc(COc2ncc(-c3ccc(Cl)cc3)c(-c3ccc(C=S)cc3Cl)n2)cc1F. The van der Waals surface area contributed by atoms with Gasteiger partial charge >= 0.3 is 6.01 Å². The van der Waals surface area contributed by atoms with Crippen molar-refractivity contribution in [3.8, 4) is 28.4 Å². The van der Waals surface area contributed by atoms with Crippen LogP contribution in [0.4, 0.5) is 8.78 Å². The number of nitrogens with zero attached hydrogens (tertiary/aromatic N) is 2. The molecule has 0 saturated heterocycles. The molecule has 0 amide bonds. The average Bonchev–Trinajstić information content (AvgIpc) is 2.80. The summed E-state index contributed by atoms with van der Waals surface area (Å²) < 4.78 is 32.3. The number of rotatable bonds is 6. The fourth-order valence-electron chi connectivity index (χ4n) is 3.06. The minimum atomic E-state index is -0.948. The van der Waals surface area contributed by atoms with Crippen LogP contribution in [0.5, 0.6) is 6.01 Å². The van der Waals surface area contributed by atoms with Gasteiger partial charge in [0.15, 0.2) is 11.6 Å². The third-order valence-corrected chi connectivity index (χ3v) is 5.50. The van der Waals surface area contributed by atoms with E-state index in [1.165, 1.54) is 11.4 Å². The zero-order valence-corrected chi connectivity index (χ0v) is 18.7. The van der Waals surface area contributed by atoms with E-state index in [-0.39, 0.29) is 12.6 Å². The fraction of sp³-hybridized carbons (Fsp3) is 0.0417. The maximum absolute atomic E-state index is 13.5. The van der Waals surface area contributed by atoms with Crippen LogP contribution in [0, 0.1) is 11.6 Å². The van der Waals surface area contributed by atoms with E-state index in [9.17, 15) is 8.78 Å². The molecular formula is C24H14Cl2F2N2OS. The fourth-order valence-corrected chi connectivity index (χ4v) is 3.61. The average molecular weight is 487 g/mol. The van der Waals surface area contributed by atoms with Gasteiger partial charge in [-0.15, -0.1) is 0 Å². The van der Waals surface area contributed by atoms with E-state index < -0.39 is 11.6 Å². The molecular weight excluding hydrogens is 473 g/mol. The highest BCUT2D eigenvalue weighted by Crippen LogP contribution is 2.36. The molecule has 1 heterocycles. The molecule has 0 radical (unpaired) electrons.